The van der Waals surface area contributed by atoms with Crippen LogP contribution in [-0.2, 0) is 0 Å². The maximum absolute atomic E-state index is 13.3. The summed E-state index contributed by atoms with van der Waals surface area (Å²) in [4.78, 5) is 12.5. The number of hydrogen-bond donors (Lipinski definition) is 2. The maximum atomic E-state index is 13.3. The smallest absolute Gasteiger partial charge is 0.387 e. The molecule has 1 aromatic carbocycles. The average Bonchev–Trinajstić information content (AvgIpc) is 2.99. The third-order valence-corrected chi connectivity index (χ3v) is 4.20. The predicted molar refractivity (Wildman–Crippen MR) is 94.1 cm³/mol. The average molecular weight is 406 g/mol. The summed E-state index contributed by atoms with van der Waals surface area (Å²) in [6, 6.07) is 3.11. The number of carbonyl (C=O) groups excluding carboxylic acids is 1. The van der Waals surface area contributed by atoms with Crippen LogP contribution in [0.3, 0.4) is 0 Å². The van der Waals surface area contributed by atoms with E-state index in [0.29, 0.717) is 5.69 Å². The van der Waals surface area contributed by atoms with Crippen molar-refractivity contribution in [3.05, 3.63) is 35.4 Å². The zero-order valence-electron chi connectivity index (χ0n) is 14.4. The topological polar surface area (TPSA) is 81.1 Å². The van der Waals surface area contributed by atoms with Gasteiger partial charge in [0.15, 0.2) is 11.4 Å². The van der Waals surface area contributed by atoms with Crippen molar-refractivity contribution < 1.29 is 22.7 Å². The van der Waals surface area contributed by atoms with Gasteiger partial charge in [-0.1, -0.05) is 5.21 Å². The van der Waals surface area contributed by atoms with Gasteiger partial charge in [-0.25, -0.2) is 9.07 Å². The molecule has 148 valence electrons. The number of ether oxygens (including phenoxy) is 1. The lowest BCUT2D eigenvalue weighted by Crippen LogP contribution is -2.30. The molecule has 0 atom stereocenters. The fraction of sp³-hybridized carbons (Fsp3) is 0.438. The van der Waals surface area contributed by atoms with Crippen LogP contribution in [0.25, 0.3) is 0 Å². The van der Waals surface area contributed by atoms with E-state index in [1.807, 2.05) is 0 Å². The van der Waals surface area contributed by atoms with Crippen molar-refractivity contribution >= 4 is 24.0 Å². The second-order valence-electron chi connectivity index (χ2n) is 5.92. The van der Waals surface area contributed by atoms with Crippen molar-refractivity contribution in [3.63, 3.8) is 0 Å². The molecule has 0 saturated carbocycles. The van der Waals surface area contributed by atoms with E-state index < -0.39 is 24.1 Å². The van der Waals surface area contributed by atoms with Gasteiger partial charge in [-0.15, -0.1) is 17.5 Å². The van der Waals surface area contributed by atoms with E-state index in [4.69, 9.17) is 0 Å². The third-order valence-electron chi connectivity index (χ3n) is 4.20. The molecule has 1 aliphatic heterocycles. The highest BCUT2D eigenvalue weighted by molar-refractivity contribution is 6.04. The molecule has 1 saturated heterocycles. The minimum absolute atomic E-state index is 0. The summed E-state index contributed by atoms with van der Waals surface area (Å²) in [5.41, 5.74) is 0.580. The number of anilines is 1. The fourth-order valence-corrected chi connectivity index (χ4v) is 2.92. The fourth-order valence-electron chi connectivity index (χ4n) is 2.92. The number of piperidine rings is 1. The van der Waals surface area contributed by atoms with Crippen LogP contribution in [0.2, 0.25) is 0 Å². The van der Waals surface area contributed by atoms with Crippen molar-refractivity contribution in [2.75, 3.05) is 18.4 Å². The van der Waals surface area contributed by atoms with Gasteiger partial charge in [-0.2, -0.15) is 8.78 Å². The molecular weight excluding hydrogens is 387 g/mol. The largest absolute Gasteiger partial charge is 0.432 e. The van der Waals surface area contributed by atoms with E-state index in [1.54, 1.807) is 11.6 Å². The summed E-state index contributed by atoms with van der Waals surface area (Å²) in [5, 5.41) is 13.6. The van der Waals surface area contributed by atoms with Crippen LogP contribution in [0.1, 0.15) is 35.1 Å². The Balaban J connectivity index is 0.00000261. The van der Waals surface area contributed by atoms with E-state index >= 15 is 0 Å². The van der Waals surface area contributed by atoms with Gasteiger partial charge in [0.25, 0.3) is 5.91 Å². The molecule has 27 heavy (non-hydrogen) atoms. The number of rotatable bonds is 5. The van der Waals surface area contributed by atoms with E-state index in [1.165, 1.54) is 0 Å². The summed E-state index contributed by atoms with van der Waals surface area (Å²) in [6.07, 6.45) is 1.74. The number of amides is 1. The Hall–Kier alpha value is -2.33. The second kappa shape index (κ2) is 9.05. The highest BCUT2D eigenvalue weighted by Gasteiger charge is 2.24. The molecule has 1 aromatic heterocycles. The first-order valence-corrected chi connectivity index (χ1v) is 8.14. The summed E-state index contributed by atoms with van der Waals surface area (Å²) in [5.74, 6) is -1.85. The summed E-state index contributed by atoms with van der Waals surface area (Å²) in [7, 11) is 0. The number of aromatic nitrogens is 3. The Kier molecular flexibility index (Phi) is 7.03. The second-order valence-corrected chi connectivity index (χ2v) is 5.92. The van der Waals surface area contributed by atoms with Crippen LogP contribution in [0.5, 0.6) is 5.75 Å². The number of nitrogens with zero attached hydrogens (tertiary/aromatic N) is 3. The zero-order chi connectivity index (χ0) is 18.7. The van der Waals surface area contributed by atoms with Gasteiger partial charge in [-0.3, -0.25) is 4.79 Å². The molecule has 0 aliphatic carbocycles. The van der Waals surface area contributed by atoms with E-state index in [9.17, 15) is 18.0 Å². The summed E-state index contributed by atoms with van der Waals surface area (Å²) in [6.45, 7) is 0.290. The van der Waals surface area contributed by atoms with Crippen LogP contribution >= 0.6 is 12.4 Å². The lowest BCUT2D eigenvalue weighted by atomic mass is 10.1. The van der Waals surface area contributed by atoms with Crippen molar-refractivity contribution in [1.82, 2.24) is 20.3 Å². The Morgan fingerprint density at radius 2 is 2.07 bits per heavy atom. The molecular formula is C16H19ClF3N5O2. The quantitative estimate of drug-likeness (QED) is 0.799. The van der Waals surface area contributed by atoms with Crippen LogP contribution in [-0.4, -0.2) is 40.6 Å². The van der Waals surface area contributed by atoms with Crippen molar-refractivity contribution in [2.45, 2.75) is 32.4 Å². The van der Waals surface area contributed by atoms with E-state index in [-0.39, 0.29) is 29.8 Å². The number of nitrogens with one attached hydrogen (secondary N) is 2. The van der Waals surface area contributed by atoms with Gasteiger partial charge in [-0.05, 0) is 45.0 Å². The minimum Gasteiger partial charge on any atom is -0.432 e. The van der Waals surface area contributed by atoms with E-state index in [0.717, 1.165) is 44.1 Å². The van der Waals surface area contributed by atoms with E-state index in [2.05, 4.69) is 25.7 Å². The molecule has 11 heteroatoms. The highest BCUT2D eigenvalue weighted by Crippen LogP contribution is 2.28. The Morgan fingerprint density at radius 3 is 2.74 bits per heavy atom. The van der Waals surface area contributed by atoms with Gasteiger partial charge < -0.3 is 15.4 Å². The summed E-state index contributed by atoms with van der Waals surface area (Å²) >= 11 is 0. The first kappa shape index (κ1) is 21.0. The number of alkyl halides is 2. The van der Waals surface area contributed by atoms with Crippen LogP contribution in [0, 0.1) is 12.7 Å². The van der Waals surface area contributed by atoms with Gasteiger partial charge in [0.05, 0.1) is 17.4 Å². The molecule has 7 nitrogen and oxygen atoms in total. The molecule has 0 spiro atoms. The van der Waals surface area contributed by atoms with Crippen LogP contribution in [0.4, 0.5) is 18.9 Å². The third kappa shape index (κ3) is 4.89. The van der Waals surface area contributed by atoms with Crippen molar-refractivity contribution in [1.29, 1.82) is 0 Å². The minimum atomic E-state index is -3.14. The Morgan fingerprint density at radius 1 is 1.37 bits per heavy atom. The molecule has 0 bridgehead atoms. The predicted octanol–water partition coefficient (Wildman–Crippen LogP) is 2.93. The molecule has 0 unspecified atom stereocenters. The van der Waals surface area contributed by atoms with Crippen molar-refractivity contribution in [3.8, 4) is 5.75 Å². The lowest BCUT2D eigenvalue weighted by molar-refractivity contribution is -0.0495. The first-order chi connectivity index (χ1) is 12.5. The monoisotopic (exact) mass is 405 g/mol. The molecule has 3 rings (SSSR count). The van der Waals surface area contributed by atoms with Crippen LogP contribution < -0.4 is 15.4 Å². The normalized spacial score (nSPS) is 14.7. The van der Waals surface area contributed by atoms with Crippen LogP contribution in [0.15, 0.2) is 18.2 Å². The van der Waals surface area contributed by atoms with Crippen molar-refractivity contribution in [2.24, 2.45) is 0 Å². The molecule has 1 fully saturated rings. The highest BCUT2D eigenvalue weighted by atomic mass is 35.5. The Bertz CT molecular complexity index is 796. The van der Waals surface area contributed by atoms with Gasteiger partial charge in [0.2, 0.25) is 0 Å². The van der Waals surface area contributed by atoms with Gasteiger partial charge in [0, 0.05) is 6.07 Å². The molecule has 2 heterocycles. The standard InChI is InChI=1S/C16H18F3N5O2.ClH/c1-9-14(22-23-24(9)11-4-6-20-7-5-11)15(25)21-12-3-2-10(17)8-13(12)26-16(18)19;/h2-3,8,11,16,20H,4-7H2,1H3,(H,21,25);1H. The SMILES string of the molecule is Cc1c(C(=O)Nc2ccc(F)cc2OC(F)F)nnn1C1CCNCC1.Cl. The number of halogens is 4. The molecule has 2 aromatic rings. The zero-order valence-corrected chi connectivity index (χ0v) is 15.2. The van der Waals surface area contributed by atoms with Gasteiger partial charge in [0.1, 0.15) is 5.82 Å². The molecule has 1 amide bonds. The Labute approximate surface area is 159 Å². The van der Waals surface area contributed by atoms with Gasteiger partial charge >= 0.3 is 6.61 Å². The lowest BCUT2D eigenvalue weighted by Gasteiger charge is -2.23. The number of hydrogen-bond acceptors (Lipinski definition) is 5. The summed E-state index contributed by atoms with van der Waals surface area (Å²) < 4.78 is 44.2. The number of benzene rings is 1. The molecule has 1 aliphatic rings. The first-order valence-electron chi connectivity index (χ1n) is 8.14. The molecule has 0 radical (unpaired) electrons. The maximum Gasteiger partial charge on any atom is 0.387 e. The number of carbonyl (C=O) groups is 1. The molecule has 2 N–H and O–H groups in total.